The molecule has 20 heavy (non-hydrogen) atoms. The predicted molar refractivity (Wildman–Crippen MR) is 81.0 cm³/mol. The summed E-state index contributed by atoms with van der Waals surface area (Å²) in [6.45, 7) is 5.93. The minimum atomic E-state index is 0.630. The first-order chi connectivity index (χ1) is 9.76. The highest BCUT2D eigenvalue weighted by atomic mass is 16.5. The topological polar surface area (TPSA) is 51.8 Å². The number of hydrogen-bond acceptors (Lipinski definition) is 5. The lowest BCUT2D eigenvalue weighted by Gasteiger charge is -2.14. The molecule has 0 spiro atoms. The van der Waals surface area contributed by atoms with E-state index in [-0.39, 0.29) is 0 Å². The van der Waals surface area contributed by atoms with Gasteiger partial charge in [0.1, 0.15) is 0 Å². The third-order valence-corrected chi connectivity index (χ3v) is 3.01. The van der Waals surface area contributed by atoms with E-state index in [9.17, 15) is 0 Å². The van der Waals surface area contributed by atoms with Crippen LogP contribution in [0.2, 0.25) is 0 Å². The zero-order chi connectivity index (χ0) is 14.8. The molecule has 0 saturated heterocycles. The number of ether oxygens (including phenoxy) is 3. The van der Waals surface area contributed by atoms with E-state index in [4.69, 9.17) is 14.2 Å². The Bertz CT molecular complexity index is 372. The summed E-state index contributed by atoms with van der Waals surface area (Å²) in [5.41, 5.74) is 1.11. The quantitative estimate of drug-likeness (QED) is 0.641. The van der Waals surface area contributed by atoms with Gasteiger partial charge in [-0.25, -0.2) is 0 Å². The van der Waals surface area contributed by atoms with Gasteiger partial charge in [0.15, 0.2) is 11.5 Å². The van der Waals surface area contributed by atoms with Gasteiger partial charge in [-0.15, -0.1) is 0 Å². The minimum Gasteiger partial charge on any atom is -0.493 e. The number of nitrogens with one attached hydrogen (secondary N) is 2. The molecule has 1 rings (SSSR count). The van der Waals surface area contributed by atoms with Crippen molar-refractivity contribution in [3.63, 3.8) is 0 Å². The van der Waals surface area contributed by atoms with Crippen molar-refractivity contribution >= 4 is 0 Å². The van der Waals surface area contributed by atoms with Crippen LogP contribution in [0.15, 0.2) is 12.1 Å². The van der Waals surface area contributed by atoms with Crippen molar-refractivity contribution in [2.24, 2.45) is 0 Å². The fourth-order valence-electron chi connectivity index (χ4n) is 1.99. The Morgan fingerprint density at radius 2 is 1.50 bits per heavy atom. The molecule has 0 amide bonds. The molecule has 0 aromatic heterocycles. The molecule has 0 aliphatic carbocycles. The molecule has 1 aromatic carbocycles. The largest absolute Gasteiger partial charge is 0.493 e. The Morgan fingerprint density at radius 1 is 0.900 bits per heavy atom. The molecular formula is C15H26N2O3. The van der Waals surface area contributed by atoms with Gasteiger partial charge in [-0.2, -0.15) is 0 Å². The highest BCUT2D eigenvalue weighted by Gasteiger charge is 2.12. The van der Waals surface area contributed by atoms with E-state index >= 15 is 0 Å². The van der Waals surface area contributed by atoms with Crippen molar-refractivity contribution in [2.45, 2.75) is 19.9 Å². The van der Waals surface area contributed by atoms with E-state index in [0.717, 1.165) is 38.2 Å². The summed E-state index contributed by atoms with van der Waals surface area (Å²) in [6.07, 6.45) is 1.11. The van der Waals surface area contributed by atoms with E-state index in [1.807, 2.05) is 12.1 Å². The van der Waals surface area contributed by atoms with Crippen molar-refractivity contribution in [3.05, 3.63) is 17.7 Å². The summed E-state index contributed by atoms with van der Waals surface area (Å²) in [4.78, 5) is 0. The second-order valence-electron chi connectivity index (χ2n) is 4.42. The van der Waals surface area contributed by atoms with Crippen LogP contribution in [0.25, 0.3) is 0 Å². The van der Waals surface area contributed by atoms with Gasteiger partial charge < -0.3 is 24.8 Å². The van der Waals surface area contributed by atoms with Crippen LogP contribution >= 0.6 is 0 Å². The monoisotopic (exact) mass is 282 g/mol. The number of rotatable bonds is 10. The molecule has 0 saturated carbocycles. The van der Waals surface area contributed by atoms with Crippen LogP contribution in [-0.2, 0) is 6.54 Å². The van der Waals surface area contributed by atoms with Gasteiger partial charge in [-0.05, 0) is 43.8 Å². The zero-order valence-corrected chi connectivity index (χ0v) is 12.9. The van der Waals surface area contributed by atoms with Crippen LogP contribution in [0.5, 0.6) is 17.2 Å². The summed E-state index contributed by atoms with van der Waals surface area (Å²) >= 11 is 0. The van der Waals surface area contributed by atoms with E-state index in [2.05, 4.69) is 17.6 Å². The molecule has 5 nitrogen and oxygen atoms in total. The number of methoxy groups -OCH3 is 3. The Labute approximate surface area is 121 Å². The molecular weight excluding hydrogens is 256 g/mol. The molecule has 0 radical (unpaired) electrons. The molecule has 0 atom stereocenters. The average molecular weight is 282 g/mol. The van der Waals surface area contributed by atoms with Crippen LogP contribution in [0.1, 0.15) is 18.9 Å². The Kier molecular flexibility index (Phi) is 7.84. The molecule has 114 valence electrons. The summed E-state index contributed by atoms with van der Waals surface area (Å²) in [6, 6.07) is 3.94. The van der Waals surface area contributed by atoms with Gasteiger partial charge >= 0.3 is 0 Å². The maximum absolute atomic E-state index is 5.34. The van der Waals surface area contributed by atoms with Crippen molar-refractivity contribution in [1.82, 2.24) is 10.6 Å². The van der Waals surface area contributed by atoms with Crippen molar-refractivity contribution in [3.8, 4) is 17.2 Å². The van der Waals surface area contributed by atoms with Gasteiger partial charge in [0.2, 0.25) is 5.75 Å². The second-order valence-corrected chi connectivity index (χ2v) is 4.42. The average Bonchev–Trinajstić information content (AvgIpc) is 2.49. The first-order valence-electron chi connectivity index (χ1n) is 6.97. The van der Waals surface area contributed by atoms with Crippen LogP contribution in [0.4, 0.5) is 0 Å². The summed E-state index contributed by atoms with van der Waals surface area (Å²) in [7, 11) is 4.87. The highest BCUT2D eigenvalue weighted by Crippen LogP contribution is 2.38. The van der Waals surface area contributed by atoms with Crippen LogP contribution in [0, 0.1) is 0 Å². The predicted octanol–water partition coefficient (Wildman–Crippen LogP) is 1.80. The lowest BCUT2D eigenvalue weighted by molar-refractivity contribution is 0.323. The first-order valence-corrected chi connectivity index (χ1v) is 6.97. The first kappa shape index (κ1) is 16.6. The third-order valence-electron chi connectivity index (χ3n) is 3.01. The van der Waals surface area contributed by atoms with Gasteiger partial charge in [0.25, 0.3) is 0 Å². The molecule has 2 N–H and O–H groups in total. The molecule has 5 heteroatoms. The van der Waals surface area contributed by atoms with Crippen molar-refractivity contribution in [1.29, 1.82) is 0 Å². The Morgan fingerprint density at radius 3 is 2.00 bits per heavy atom. The summed E-state index contributed by atoms with van der Waals surface area (Å²) in [5.74, 6) is 2.01. The normalized spacial score (nSPS) is 10.4. The Hall–Kier alpha value is -1.46. The molecule has 0 fully saturated rings. The number of benzene rings is 1. The SMILES string of the molecule is CCNCCCNCc1cc(OC)c(OC)c(OC)c1. The van der Waals surface area contributed by atoms with E-state index in [1.165, 1.54) is 0 Å². The van der Waals surface area contributed by atoms with Gasteiger partial charge in [-0.3, -0.25) is 0 Å². The van der Waals surface area contributed by atoms with Gasteiger partial charge in [-0.1, -0.05) is 6.92 Å². The van der Waals surface area contributed by atoms with Gasteiger partial charge in [0.05, 0.1) is 21.3 Å². The van der Waals surface area contributed by atoms with Crippen molar-refractivity contribution in [2.75, 3.05) is 41.0 Å². The molecule has 0 unspecified atom stereocenters. The zero-order valence-electron chi connectivity index (χ0n) is 12.9. The molecule has 1 aromatic rings. The lowest BCUT2D eigenvalue weighted by atomic mass is 10.1. The second kappa shape index (κ2) is 9.44. The number of hydrogen-bond donors (Lipinski definition) is 2. The van der Waals surface area contributed by atoms with Crippen molar-refractivity contribution < 1.29 is 14.2 Å². The van der Waals surface area contributed by atoms with E-state index in [0.29, 0.717) is 17.2 Å². The van der Waals surface area contributed by atoms with E-state index < -0.39 is 0 Å². The van der Waals surface area contributed by atoms with Crippen LogP contribution < -0.4 is 24.8 Å². The molecule has 0 aliphatic rings. The maximum Gasteiger partial charge on any atom is 0.203 e. The van der Waals surface area contributed by atoms with Crippen LogP contribution in [0.3, 0.4) is 0 Å². The fourth-order valence-corrected chi connectivity index (χ4v) is 1.99. The standard InChI is InChI=1S/C15H26N2O3/c1-5-16-7-6-8-17-11-12-9-13(18-2)15(20-4)14(10-12)19-3/h9-10,16-17H,5-8,11H2,1-4H3. The lowest BCUT2D eigenvalue weighted by Crippen LogP contribution is -2.21. The highest BCUT2D eigenvalue weighted by molar-refractivity contribution is 5.53. The third kappa shape index (κ3) is 4.90. The molecule has 0 bridgehead atoms. The smallest absolute Gasteiger partial charge is 0.203 e. The molecule has 0 aliphatic heterocycles. The molecule has 0 heterocycles. The van der Waals surface area contributed by atoms with Gasteiger partial charge in [0, 0.05) is 6.54 Å². The van der Waals surface area contributed by atoms with Crippen LogP contribution in [-0.4, -0.2) is 41.0 Å². The maximum atomic E-state index is 5.34. The fraction of sp³-hybridized carbons (Fsp3) is 0.600. The van der Waals surface area contributed by atoms with E-state index in [1.54, 1.807) is 21.3 Å². The summed E-state index contributed by atoms with van der Waals surface area (Å²) < 4.78 is 16.0. The minimum absolute atomic E-state index is 0.630. The summed E-state index contributed by atoms with van der Waals surface area (Å²) in [5, 5.41) is 6.71. The Balaban J connectivity index is 2.57.